The molecule has 1 saturated carbocycles. The highest BCUT2D eigenvalue weighted by Gasteiger charge is 2.56. The van der Waals surface area contributed by atoms with E-state index >= 15 is 0 Å². The zero-order valence-electron chi connectivity index (χ0n) is 14.1. The molecule has 2 saturated heterocycles. The predicted octanol–water partition coefficient (Wildman–Crippen LogP) is -1.68. The van der Waals surface area contributed by atoms with Gasteiger partial charge in [0.25, 0.3) is 0 Å². The summed E-state index contributed by atoms with van der Waals surface area (Å²) >= 11 is 0. The molecule has 3 aliphatic rings. The molecule has 140 valence electrons. The second-order valence-corrected chi connectivity index (χ2v) is 7.02. The third-order valence-corrected chi connectivity index (χ3v) is 5.93. The Morgan fingerprint density at radius 1 is 0.708 bits per heavy atom. The summed E-state index contributed by atoms with van der Waals surface area (Å²) in [5, 5.41) is 37.9. The fraction of sp³-hybridized carbons (Fsp3) is 1.00. The molecule has 3 rings (SSSR count). The lowest BCUT2D eigenvalue weighted by Crippen LogP contribution is -2.59. The normalized spacial score (nSPS) is 41.0. The van der Waals surface area contributed by atoms with Crippen LogP contribution >= 0.6 is 0 Å². The zero-order chi connectivity index (χ0) is 17.2. The van der Waals surface area contributed by atoms with E-state index in [1.165, 1.54) is 0 Å². The van der Waals surface area contributed by atoms with Crippen LogP contribution in [0.4, 0.5) is 0 Å². The molecular formula is C16H30N2O6. The Balaban J connectivity index is 1.72. The molecule has 0 aromatic heterocycles. The van der Waals surface area contributed by atoms with Crippen molar-refractivity contribution in [3.8, 4) is 0 Å². The van der Waals surface area contributed by atoms with E-state index < -0.39 is 11.4 Å². The van der Waals surface area contributed by atoms with Gasteiger partial charge in [0.1, 0.15) is 11.4 Å². The van der Waals surface area contributed by atoms with Crippen molar-refractivity contribution < 1.29 is 29.9 Å². The molecular weight excluding hydrogens is 316 g/mol. The zero-order valence-corrected chi connectivity index (χ0v) is 14.1. The molecule has 0 amide bonds. The van der Waals surface area contributed by atoms with Crippen molar-refractivity contribution >= 4 is 0 Å². The highest BCUT2D eigenvalue weighted by molar-refractivity contribution is 5.03. The SMILES string of the molecule is OCCN1C(CO)COC12CCC1(CC2)OCC(CO)N1CCO. The van der Waals surface area contributed by atoms with Gasteiger partial charge in [-0.3, -0.25) is 9.80 Å². The number of β-amino-alcohol motifs (C(OH)–C–C–N with tert-alkyl or cyclic N) is 2. The summed E-state index contributed by atoms with van der Waals surface area (Å²) in [5.41, 5.74) is -0.903. The maximum Gasteiger partial charge on any atom is 0.122 e. The quantitative estimate of drug-likeness (QED) is 0.452. The monoisotopic (exact) mass is 346 g/mol. The second-order valence-electron chi connectivity index (χ2n) is 7.02. The molecule has 1 aliphatic carbocycles. The Labute approximate surface area is 142 Å². The molecule has 0 bridgehead atoms. The van der Waals surface area contributed by atoms with Crippen molar-refractivity contribution in [2.45, 2.75) is 49.2 Å². The molecule has 2 heterocycles. The number of aliphatic hydroxyl groups excluding tert-OH is 4. The maximum absolute atomic E-state index is 9.57. The average Bonchev–Trinajstić information content (AvgIpc) is 3.11. The van der Waals surface area contributed by atoms with E-state index in [1.807, 2.05) is 0 Å². The van der Waals surface area contributed by atoms with E-state index in [1.54, 1.807) is 0 Å². The Hall–Kier alpha value is -0.320. The van der Waals surface area contributed by atoms with E-state index in [-0.39, 0.29) is 38.5 Å². The van der Waals surface area contributed by atoms with Gasteiger partial charge >= 0.3 is 0 Å². The fourth-order valence-electron chi connectivity index (χ4n) is 4.70. The van der Waals surface area contributed by atoms with E-state index in [2.05, 4.69) is 9.80 Å². The standard InChI is InChI=1S/C16H30N2O6/c19-7-5-17-13(9-21)11-23-15(17)1-2-16(4-3-15)18(6-8-20)14(10-22)12-24-16/h13-14,19-22H,1-12H2. The summed E-state index contributed by atoms with van der Waals surface area (Å²) in [6.07, 6.45) is 2.96. The molecule has 4 N–H and O–H groups in total. The van der Waals surface area contributed by atoms with E-state index in [4.69, 9.17) is 9.47 Å². The van der Waals surface area contributed by atoms with Crippen LogP contribution in [-0.4, -0.2) is 106 Å². The van der Waals surface area contributed by atoms with Gasteiger partial charge in [0.05, 0.1) is 51.7 Å². The summed E-state index contributed by atoms with van der Waals surface area (Å²) < 4.78 is 12.2. The van der Waals surface area contributed by atoms with Crippen molar-refractivity contribution in [1.29, 1.82) is 0 Å². The van der Waals surface area contributed by atoms with Crippen LogP contribution in [0.2, 0.25) is 0 Å². The fourth-order valence-corrected chi connectivity index (χ4v) is 4.70. The third kappa shape index (κ3) is 2.99. The van der Waals surface area contributed by atoms with Crippen LogP contribution < -0.4 is 0 Å². The minimum absolute atomic E-state index is 0.0205. The smallest absolute Gasteiger partial charge is 0.122 e. The van der Waals surface area contributed by atoms with Crippen LogP contribution in [0.3, 0.4) is 0 Å². The predicted molar refractivity (Wildman–Crippen MR) is 85.2 cm³/mol. The van der Waals surface area contributed by atoms with Gasteiger partial charge in [0, 0.05) is 13.1 Å². The second kappa shape index (κ2) is 7.51. The summed E-state index contributed by atoms with van der Waals surface area (Å²) in [4.78, 5) is 4.18. The van der Waals surface area contributed by atoms with Crippen LogP contribution in [0.1, 0.15) is 25.7 Å². The van der Waals surface area contributed by atoms with Crippen LogP contribution in [0.5, 0.6) is 0 Å². The van der Waals surface area contributed by atoms with Gasteiger partial charge in [-0.25, -0.2) is 0 Å². The number of aliphatic hydroxyl groups is 4. The first-order valence-corrected chi connectivity index (χ1v) is 8.89. The van der Waals surface area contributed by atoms with Gasteiger partial charge in [-0.2, -0.15) is 0 Å². The van der Waals surface area contributed by atoms with Gasteiger partial charge in [-0.05, 0) is 25.7 Å². The average molecular weight is 346 g/mol. The third-order valence-electron chi connectivity index (χ3n) is 5.93. The molecule has 2 aliphatic heterocycles. The molecule has 2 atom stereocenters. The van der Waals surface area contributed by atoms with Crippen molar-refractivity contribution in [3.63, 3.8) is 0 Å². The van der Waals surface area contributed by atoms with E-state index in [0.717, 1.165) is 25.7 Å². The summed E-state index contributed by atoms with van der Waals surface area (Å²) in [5.74, 6) is 0. The van der Waals surface area contributed by atoms with Gasteiger partial charge in [-0.1, -0.05) is 0 Å². The highest BCUT2D eigenvalue weighted by Crippen LogP contribution is 2.48. The maximum atomic E-state index is 9.57. The molecule has 2 spiro atoms. The molecule has 0 radical (unpaired) electrons. The molecule has 0 aromatic rings. The summed E-state index contributed by atoms with van der Waals surface area (Å²) in [6.45, 7) is 2.03. The van der Waals surface area contributed by atoms with Crippen molar-refractivity contribution in [3.05, 3.63) is 0 Å². The number of hydrogen-bond donors (Lipinski definition) is 4. The lowest BCUT2D eigenvalue weighted by molar-refractivity contribution is -0.188. The van der Waals surface area contributed by atoms with Gasteiger partial charge in [0.2, 0.25) is 0 Å². The Morgan fingerprint density at radius 2 is 1.08 bits per heavy atom. The lowest BCUT2D eigenvalue weighted by atomic mass is 9.83. The largest absolute Gasteiger partial charge is 0.395 e. The van der Waals surface area contributed by atoms with Crippen LogP contribution in [0, 0.1) is 0 Å². The summed E-state index contributed by atoms with van der Waals surface area (Å²) in [7, 11) is 0. The van der Waals surface area contributed by atoms with Crippen LogP contribution in [-0.2, 0) is 9.47 Å². The Morgan fingerprint density at radius 3 is 1.38 bits per heavy atom. The first kappa shape index (κ1) is 18.5. The Bertz CT molecular complexity index is 377. The topological polar surface area (TPSA) is 106 Å². The molecule has 8 heteroatoms. The van der Waals surface area contributed by atoms with E-state index in [0.29, 0.717) is 26.3 Å². The number of nitrogens with zero attached hydrogens (tertiary/aromatic N) is 2. The number of ether oxygens (including phenoxy) is 2. The van der Waals surface area contributed by atoms with Gasteiger partial charge in [-0.15, -0.1) is 0 Å². The molecule has 0 aromatic carbocycles. The molecule has 24 heavy (non-hydrogen) atoms. The minimum Gasteiger partial charge on any atom is -0.395 e. The van der Waals surface area contributed by atoms with Crippen LogP contribution in [0.15, 0.2) is 0 Å². The minimum atomic E-state index is -0.451. The molecule has 2 unspecified atom stereocenters. The lowest BCUT2D eigenvalue weighted by Gasteiger charge is -2.49. The van der Waals surface area contributed by atoms with Crippen LogP contribution in [0.25, 0.3) is 0 Å². The van der Waals surface area contributed by atoms with Gasteiger partial charge in [0.15, 0.2) is 0 Å². The molecule has 3 fully saturated rings. The number of rotatable bonds is 6. The van der Waals surface area contributed by atoms with E-state index in [9.17, 15) is 20.4 Å². The summed E-state index contributed by atoms with van der Waals surface area (Å²) in [6, 6.07) is -0.149. The number of hydrogen-bond acceptors (Lipinski definition) is 8. The van der Waals surface area contributed by atoms with Crippen molar-refractivity contribution in [2.75, 3.05) is 52.7 Å². The van der Waals surface area contributed by atoms with Crippen molar-refractivity contribution in [1.82, 2.24) is 9.80 Å². The molecule has 8 nitrogen and oxygen atoms in total. The van der Waals surface area contributed by atoms with Gasteiger partial charge < -0.3 is 29.9 Å². The Kier molecular flexibility index (Phi) is 5.78. The first-order valence-electron chi connectivity index (χ1n) is 8.89. The highest BCUT2D eigenvalue weighted by atomic mass is 16.5. The van der Waals surface area contributed by atoms with Crippen molar-refractivity contribution in [2.24, 2.45) is 0 Å². The first-order chi connectivity index (χ1) is 11.6.